The lowest BCUT2D eigenvalue weighted by Crippen LogP contribution is -2.15. The molecule has 0 spiro atoms. The average Bonchev–Trinajstić information content (AvgIpc) is 2.35. The minimum absolute atomic E-state index is 0.0222. The minimum atomic E-state index is -0.0222. The maximum atomic E-state index is 8.46. The smallest absolute Gasteiger partial charge is 0.190 e. The Morgan fingerprint density at radius 3 is 2.81 bits per heavy atom. The normalized spacial score (nSPS) is 13.8. The first kappa shape index (κ1) is 12.8. The van der Waals surface area contributed by atoms with Gasteiger partial charge in [0.1, 0.15) is 10.7 Å². The van der Waals surface area contributed by atoms with Crippen LogP contribution in [-0.2, 0) is 0 Å². The molecule has 0 saturated heterocycles. The molecular weight excluding hydrogens is 224 g/mol. The Balaban J connectivity index is 2.58. The first-order valence-corrected chi connectivity index (χ1v) is 6.08. The molecule has 1 aromatic rings. The molecule has 0 aliphatic carbocycles. The van der Waals surface area contributed by atoms with Crippen LogP contribution in [0.2, 0.25) is 0 Å². The zero-order valence-corrected chi connectivity index (χ0v) is 10.2. The molecule has 16 heavy (non-hydrogen) atoms. The minimum Gasteiger partial charge on any atom is -0.409 e. The third-order valence-corrected chi connectivity index (χ3v) is 3.45. The van der Waals surface area contributed by atoms with Gasteiger partial charge in [-0.15, -0.1) is 11.8 Å². The van der Waals surface area contributed by atoms with Crippen molar-refractivity contribution in [2.24, 2.45) is 16.8 Å². The summed E-state index contributed by atoms with van der Waals surface area (Å²) in [5.74, 6) is 1.66. The molecule has 0 aromatic carbocycles. The van der Waals surface area contributed by atoms with Crippen LogP contribution in [0.25, 0.3) is 0 Å². The molecule has 0 amide bonds. The van der Waals surface area contributed by atoms with E-state index in [-0.39, 0.29) is 5.84 Å². The van der Waals surface area contributed by atoms with Crippen molar-refractivity contribution in [2.45, 2.75) is 25.3 Å². The number of thioether (sulfide) groups is 1. The number of nitrogens with two attached hydrogens (primary N) is 1. The highest BCUT2D eigenvalue weighted by Crippen LogP contribution is 2.18. The number of aromatic nitrogens is 2. The van der Waals surface area contributed by atoms with Crippen LogP contribution in [0.3, 0.4) is 0 Å². The van der Waals surface area contributed by atoms with Crippen molar-refractivity contribution in [3.63, 3.8) is 0 Å². The molecule has 0 fully saturated rings. The summed E-state index contributed by atoms with van der Waals surface area (Å²) in [5.41, 5.74) is 5.76. The van der Waals surface area contributed by atoms with Crippen LogP contribution in [0.15, 0.2) is 22.6 Å². The van der Waals surface area contributed by atoms with Gasteiger partial charge in [0, 0.05) is 5.75 Å². The van der Waals surface area contributed by atoms with E-state index in [0.29, 0.717) is 11.6 Å². The number of hydrogen-bond acceptors (Lipinski definition) is 5. The second-order valence-corrected chi connectivity index (χ2v) is 4.59. The van der Waals surface area contributed by atoms with Crippen molar-refractivity contribution in [3.8, 4) is 0 Å². The van der Waals surface area contributed by atoms with E-state index in [1.54, 1.807) is 18.0 Å². The van der Waals surface area contributed by atoms with E-state index in [1.165, 1.54) is 6.20 Å². The van der Waals surface area contributed by atoms with Gasteiger partial charge in [0.25, 0.3) is 0 Å². The quantitative estimate of drug-likeness (QED) is 0.269. The molecule has 1 aromatic heterocycles. The Morgan fingerprint density at radius 2 is 2.31 bits per heavy atom. The molecule has 0 radical (unpaired) electrons. The summed E-state index contributed by atoms with van der Waals surface area (Å²) < 4.78 is 0. The van der Waals surface area contributed by atoms with Crippen molar-refractivity contribution >= 4 is 17.6 Å². The average molecular weight is 240 g/mol. The van der Waals surface area contributed by atoms with Crippen molar-refractivity contribution in [2.75, 3.05) is 5.75 Å². The standard InChI is InChI=1S/C10H16N4OS/c1-3-7(2)6-16-9-5-12-8(4-13-9)10(11)14-15/h4-5,7,15H,3,6H2,1-2H3,(H2,11,14). The first-order valence-electron chi connectivity index (χ1n) is 5.10. The lowest BCUT2D eigenvalue weighted by Gasteiger charge is -2.06. The molecule has 0 bridgehead atoms. The maximum absolute atomic E-state index is 8.46. The molecule has 5 nitrogen and oxygen atoms in total. The summed E-state index contributed by atoms with van der Waals surface area (Å²) in [6, 6.07) is 0. The van der Waals surface area contributed by atoms with Crippen LogP contribution in [-0.4, -0.2) is 26.8 Å². The Hall–Kier alpha value is -1.30. The Kier molecular flexibility index (Phi) is 5.04. The van der Waals surface area contributed by atoms with E-state index in [9.17, 15) is 0 Å². The topological polar surface area (TPSA) is 84.4 Å². The number of rotatable bonds is 5. The third kappa shape index (κ3) is 3.69. The highest BCUT2D eigenvalue weighted by molar-refractivity contribution is 7.99. The zero-order chi connectivity index (χ0) is 12.0. The van der Waals surface area contributed by atoms with Gasteiger partial charge in [-0.1, -0.05) is 25.4 Å². The van der Waals surface area contributed by atoms with E-state index in [1.807, 2.05) is 0 Å². The van der Waals surface area contributed by atoms with Gasteiger partial charge in [-0.05, 0) is 5.92 Å². The number of oxime groups is 1. The Labute approximate surface area is 99.2 Å². The molecule has 0 aliphatic rings. The van der Waals surface area contributed by atoms with Gasteiger partial charge >= 0.3 is 0 Å². The largest absolute Gasteiger partial charge is 0.409 e. The molecule has 1 heterocycles. The molecule has 6 heteroatoms. The molecule has 0 aliphatic heterocycles. The molecule has 3 N–H and O–H groups in total. The van der Waals surface area contributed by atoms with Crippen molar-refractivity contribution in [3.05, 3.63) is 18.1 Å². The lowest BCUT2D eigenvalue weighted by molar-refractivity contribution is 0.318. The van der Waals surface area contributed by atoms with E-state index in [4.69, 9.17) is 10.9 Å². The second kappa shape index (κ2) is 6.32. The van der Waals surface area contributed by atoms with Gasteiger partial charge in [-0.25, -0.2) is 9.97 Å². The molecule has 0 saturated carbocycles. The number of nitrogens with zero attached hydrogens (tertiary/aromatic N) is 3. The predicted molar refractivity (Wildman–Crippen MR) is 64.7 cm³/mol. The summed E-state index contributed by atoms with van der Waals surface area (Å²) in [6.45, 7) is 4.36. The first-order chi connectivity index (χ1) is 7.67. The Bertz CT molecular complexity index is 352. The van der Waals surface area contributed by atoms with E-state index in [2.05, 4.69) is 29.0 Å². The van der Waals surface area contributed by atoms with Crippen LogP contribution < -0.4 is 5.73 Å². The van der Waals surface area contributed by atoms with E-state index < -0.39 is 0 Å². The summed E-state index contributed by atoms with van der Waals surface area (Å²) >= 11 is 1.66. The van der Waals surface area contributed by atoms with Gasteiger partial charge in [-0.2, -0.15) is 0 Å². The molecule has 1 rings (SSSR count). The zero-order valence-electron chi connectivity index (χ0n) is 9.42. The molecule has 1 unspecified atom stereocenters. The SMILES string of the molecule is CCC(C)CSc1cnc(C(N)=NO)cn1. The summed E-state index contributed by atoms with van der Waals surface area (Å²) in [5, 5.41) is 12.2. The predicted octanol–water partition coefficient (Wildman–Crippen LogP) is 1.71. The highest BCUT2D eigenvalue weighted by Gasteiger charge is 2.04. The highest BCUT2D eigenvalue weighted by atomic mass is 32.2. The number of hydrogen-bond donors (Lipinski definition) is 2. The monoisotopic (exact) mass is 240 g/mol. The van der Waals surface area contributed by atoms with Crippen molar-refractivity contribution in [1.29, 1.82) is 0 Å². The third-order valence-electron chi connectivity index (χ3n) is 2.21. The fourth-order valence-corrected chi connectivity index (χ4v) is 1.87. The lowest BCUT2D eigenvalue weighted by atomic mass is 10.2. The van der Waals surface area contributed by atoms with Gasteiger partial charge in [-0.3, -0.25) is 0 Å². The number of amidine groups is 1. The van der Waals surface area contributed by atoms with E-state index >= 15 is 0 Å². The van der Waals surface area contributed by atoms with Crippen LogP contribution >= 0.6 is 11.8 Å². The van der Waals surface area contributed by atoms with Crippen molar-refractivity contribution in [1.82, 2.24) is 9.97 Å². The van der Waals surface area contributed by atoms with Crippen LogP contribution in [0.5, 0.6) is 0 Å². The fraction of sp³-hybridized carbons (Fsp3) is 0.500. The summed E-state index contributed by atoms with van der Waals surface area (Å²) in [4.78, 5) is 8.24. The van der Waals surface area contributed by atoms with Crippen LogP contribution in [0.4, 0.5) is 0 Å². The van der Waals surface area contributed by atoms with Gasteiger partial charge < -0.3 is 10.9 Å². The molecule has 1 atom stereocenters. The maximum Gasteiger partial charge on any atom is 0.190 e. The van der Waals surface area contributed by atoms with E-state index in [0.717, 1.165) is 17.2 Å². The van der Waals surface area contributed by atoms with Gasteiger partial charge in [0.15, 0.2) is 5.84 Å². The Morgan fingerprint density at radius 1 is 1.56 bits per heavy atom. The summed E-state index contributed by atoms with van der Waals surface area (Å²) in [6.07, 6.45) is 4.30. The second-order valence-electron chi connectivity index (χ2n) is 3.55. The molecular formula is C10H16N4OS. The molecule has 88 valence electrons. The van der Waals surface area contributed by atoms with Gasteiger partial charge in [0.2, 0.25) is 0 Å². The summed E-state index contributed by atoms with van der Waals surface area (Å²) in [7, 11) is 0. The van der Waals surface area contributed by atoms with Crippen molar-refractivity contribution < 1.29 is 5.21 Å². The van der Waals surface area contributed by atoms with Gasteiger partial charge in [0.05, 0.1) is 12.4 Å². The van der Waals surface area contributed by atoms with Crippen LogP contribution in [0.1, 0.15) is 26.0 Å². The fourth-order valence-electron chi connectivity index (χ4n) is 0.920. The van der Waals surface area contributed by atoms with Crippen LogP contribution in [0, 0.1) is 5.92 Å².